The van der Waals surface area contributed by atoms with Crippen LogP contribution in [0, 0.1) is 0 Å². The molecule has 0 rings (SSSR count). The van der Waals surface area contributed by atoms with Gasteiger partial charge >= 0.3 is 11.9 Å². The van der Waals surface area contributed by atoms with Crippen LogP contribution in [-0.2, 0) is 32.7 Å². The van der Waals surface area contributed by atoms with Crippen LogP contribution >= 0.6 is 7.82 Å². The van der Waals surface area contributed by atoms with E-state index in [1.165, 1.54) is 116 Å². The zero-order valence-electron chi connectivity index (χ0n) is 54.3. The SMILES string of the molecule is CC/C=C\C/C=C\C/C=C\C/C=C\C/C=C\C/C=C\C/C=C\C/C=C\C/C=C\CCCCCC(=O)OC(COC(=O)CCCCCCCCCCCCCCCC/C=C\C/C=C\C/C=C\CCCCCCC)COP(=O)([O-])OCC[N+](C)(C)C. The molecule has 0 N–H and O–H groups in total. The lowest BCUT2D eigenvalue weighted by Crippen LogP contribution is -2.37. The summed E-state index contributed by atoms with van der Waals surface area (Å²) in [5.74, 6) is -0.879. The predicted octanol–water partition coefficient (Wildman–Crippen LogP) is 21.2. The minimum Gasteiger partial charge on any atom is -0.756 e. The molecule has 0 saturated carbocycles. The van der Waals surface area contributed by atoms with Crippen LogP contribution in [0.5, 0.6) is 0 Å². The number of rotatable bonds is 60. The molecule has 0 aliphatic rings. The van der Waals surface area contributed by atoms with Gasteiger partial charge < -0.3 is 27.9 Å². The fraction of sp³-hybridized carbons (Fsp3) is 0.649. The molecule has 0 aromatic carbocycles. The first-order chi connectivity index (χ1) is 41.0. The molecule has 2 atom stereocenters. The normalized spacial score (nSPS) is 14.1. The van der Waals surface area contributed by atoms with Gasteiger partial charge in [-0.2, -0.15) is 0 Å². The predicted molar refractivity (Wildman–Crippen MR) is 360 cm³/mol. The maximum atomic E-state index is 12.8. The second kappa shape index (κ2) is 63.4. The van der Waals surface area contributed by atoms with Gasteiger partial charge in [-0.05, 0) is 122 Å². The molecule has 0 aromatic rings. The highest BCUT2D eigenvalue weighted by Gasteiger charge is 2.22. The molecule has 0 aliphatic carbocycles. The molecule has 0 heterocycles. The van der Waals surface area contributed by atoms with Crippen LogP contribution in [-0.4, -0.2) is 70.0 Å². The maximum Gasteiger partial charge on any atom is 0.306 e. The third-order valence-electron chi connectivity index (χ3n) is 13.8. The van der Waals surface area contributed by atoms with E-state index < -0.39 is 32.5 Å². The van der Waals surface area contributed by atoms with Crippen LogP contribution in [0.3, 0.4) is 0 Å². The number of phosphoric ester groups is 1. The Morgan fingerprint density at radius 2 is 0.679 bits per heavy atom. The quantitative estimate of drug-likeness (QED) is 0.0195. The Morgan fingerprint density at radius 3 is 1.02 bits per heavy atom. The highest BCUT2D eigenvalue weighted by atomic mass is 31.2. The average Bonchev–Trinajstić information content (AvgIpc) is 3.61. The Hall–Kier alpha value is -4.11. The van der Waals surface area contributed by atoms with Crippen LogP contribution in [0.4, 0.5) is 0 Å². The molecule has 0 fully saturated rings. The minimum atomic E-state index is -4.66. The van der Waals surface area contributed by atoms with Crippen LogP contribution in [0.1, 0.15) is 258 Å². The molecule has 478 valence electrons. The number of unbranched alkanes of at least 4 members (excludes halogenated alkanes) is 22. The Balaban J connectivity index is 4.20. The van der Waals surface area contributed by atoms with Crippen molar-refractivity contribution in [2.75, 3.05) is 47.5 Å². The first kappa shape index (κ1) is 79.9. The molecular weight excluding hydrogens is 1060 g/mol. The molecule has 0 radical (unpaired) electrons. The second-order valence-corrected chi connectivity index (χ2v) is 24.5. The Morgan fingerprint density at radius 1 is 0.381 bits per heavy atom. The number of carbonyl (C=O) groups is 2. The van der Waals surface area contributed by atoms with Crippen LogP contribution in [0.2, 0.25) is 0 Å². The third-order valence-corrected chi connectivity index (χ3v) is 14.8. The monoisotopic (exact) mass is 1190 g/mol. The van der Waals surface area contributed by atoms with Crippen molar-refractivity contribution < 1.29 is 42.1 Å². The molecule has 0 aromatic heterocycles. The number of allylic oxidation sites excluding steroid dienone is 24. The van der Waals surface area contributed by atoms with Crippen molar-refractivity contribution >= 4 is 19.8 Å². The Bertz CT molecular complexity index is 1930. The lowest BCUT2D eigenvalue weighted by atomic mass is 10.0. The second-order valence-electron chi connectivity index (χ2n) is 23.1. The van der Waals surface area contributed by atoms with Crippen molar-refractivity contribution in [3.05, 3.63) is 146 Å². The number of esters is 2. The number of ether oxygens (including phenoxy) is 2. The lowest BCUT2D eigenvalue weighted by Gasteiger charge is -2.28. The van der Waals surface area contributed by atoms with E-state index in [2.05, 4.69) is 160 Å². The summed E-state index contributed by atoms with van der Waals surface area (Å²) in [6.45, 7) is 4.07. The van der Waals surface area contributed by atoms with E-state index in [-0.39, 0.29) is 26.1 Å². The minimum absolute atomic E-state index is 0.0455. The van der Waals surface area contributed by atoms with Gasteiger partial charge in [-0.3, -0.25) is 14.2 Å². The summed E-state index contributed by atoms with van der Waals surface area (Å²) in [5, 5.41) is 0. The van der Waals surface area contributed by atoms with Crippen molar-refractivity contribution in [2.45, 2.75) is 264 Å². The largest absolute Gasteiger partial charge is 0.756 e. The van der Waals surface area contributed by atoms with E-state index in [9.17, 15) is 19.0 Å². The van der Waals surface area contributed by atoms with Crippen molar-refractivity contribution in [1.82, 2.24) is 0 Å². The number of likely N-dealkylation sites (N-methyl/N-ethyl adjacent to an activating group) is 1. The highest BCUT2D eigenvalue weighted by Crippen LogP contribution is 2.38. The number of hydrogen-bond acceptors (Lipinski definition) is 8. The Kier molecular flexibility index (Phi) is 60.3. The zero-order chi connectivity index (χ0) is 61.2. The fourth-order valence-electron chi connectivity index (χ4n) is 8.71. The first-order valence-electron chi connectivity index (χ1n) is 33.5. The van der Waals surface area contributed by atoms with Gasteiger partial charge in [0.25, 0.3) is 7.82 Å². The smallest absolute Gasteiger partial charge is 0.306 e. The summed E-state index contributed by atoms with van der Waals surface area (Å²) < 4.78 is 34.2. The standard InChI is InChI=1S/C74H124NO8P/c1-6-8-10-12-14-16-18-20-22-24-26-28-30-32-34-36-37-39-41-43-45-47-49-51-53-55-57-59-61-63-65-67-74(77)83-72(71-82-84(78,79)81-69-68-75(3,4)5)70-80-73(76)66-64-62-60-58-56-54-52-50-48-46-44-42-40-38-35-33-31-29-27-25-23-21-19-17-15-13-11-9-7-2/h8,10,14,16,19-22,25-28,31-34,37,39,43,45,49,51,55,57,72H,6-7,9,11-13,15,17-18,23-24,29-30,35-36,38,40-42,44,46-48,50,52-54,56,58-71H2,1-5H3/b10-8-,16-14-,21-19-,22-20-,27-25-,28-26-,33-31-,34-32-,39-37-,45-43-,51-49-,57-55-. The summed E-state index contributed by atoms with van der Waals surface area (Å²) >= 11 is 0. The molecule has 84 heavy (non-hydrogen) atoms. The summed E-state index contributed by atoms with van der Waals surface area (Å²) in [6, 6.07) is 0. The van der Waals surface area contributed by atoms with Gasteiger partial charge in [-0.25, -0.2) is 0 Å². The summed E-state index contributed by atoms with van der Waals surface area (Å²) in [5.41, 5.74) is 0. The molecular formula is C74H124NO8P. The molecule has 2 unspecified atom stereocenters. The van der Waals surface area contributed by atoms with Crippen LogP contribution in [0.25, 0.3) is 0 Å². The molecule has 0 aliphatic heterocycles. The molecule has 0 spiro atoms. The zero-order valence-corrected chi connectivity index (χ0v) is 55.2. The van der Waals surface area contributed by atoms with E-state index in [4.69, 9.17) is 18.5 Å². The van der Waals surface area contributed by atoms with Gasteiger partial charge in [0, 0.05) is 12.8 Å². The number of nitrogens with zero attached hydrogens (tertiary/aromatic N) is 1. The van der Waals surface area contributed by atoms with Crippen molar-refractivity contribution in [2.24, 2.45) is 0 Å². The van der Waals surface area contributed by atoms with Crippen molar-refractivity contribution in [3.63, 3.8) is 0 Å². The maximum absolute atomic E-state index is 12.8. The summed E-state index contributed by atoms with van der Waals surface area (Å²) in [6.07, 6.45) is 93.4. The average molecular weight is 1190 g/mol. The van der Waals surface area contributed by atoms with E-state index in [0.717, 1.165) is 109 Å². The van der Waals surface area contributed by atoms with E-state index in [1.807, 2.05) is 21.1 Å². The number of phosphoric acid groups is 1. The number of quaternary nitrogens is 1. The lowest BCUT2D eigenvalue weighted by molar-refractivity contribution is -0.870. The van der Waals surface area contributed by atoms with E-state index in [1.54, 1.807) is 0 Å². The van der Waals surface area contributed by atoms with Crippen molar-refractivity contribution in [1.29, 1.82) is 0 Å². The number of hydrogen-bond donors (Lipinski definition) is 0. The van der Waals surface area contributed by atoms with Gasteiger partial charge in [-0.15, -0.1) is 0 Å². The molecule has 0 saturated heterocycles. The molecule has 10 heteroatoms. The van der Waals surface area contributed by atoms with E-state index >= 15 is 0 Å². The van der Waals surface area contributed by atoms with Crippen molar-refractivity contribution in [3.8, 4) is 0 Å². The van der Waals surface area contributed by atoms with E-state index in [0.29, 0.717) is 17.4 Å². The molecule has 0 bridgehead atoms. The van der Waals surface area contributed by atoms with Crippen LogP contribution < -0.4 is 4.89 Å². The Labute approximate surface area is 516 Å². The fourth-order valence-corrected chi connectivity index (χ4v) is 9.44. The van der Waals surface area contributed by atoms with Gasteiger partial charge in [0.05, 0.1) is 27.7 Å². The van der Waals surface area contributed by atoms with Gasteiger partial charge in [0.1, 0.15) is 19.8 Å². The van der Waals surface area contributed by atoms with Gasteiger partial charge in [0.15, 0.2) is 6.10 Å². The first-order valence-corrected chi connectivity index (χ1v) is 35.0. The van der Waals surface area contributed by atoms with Crippen LogP contribution in [0.15, 0.2) is 146 Å². The highest BCUT2D eigenvalue weighted by molar-refractivity contribution is 7.45. The molecule has 0 amide bonds. The summed E-state index contributed by atoms with van der Waals surface area (Å²) in [7, 11) is 1.13. The molecule has 9 nitrogen and oxygen atoms in total. The number of carbonyl (C=O) groups excluding carboxylic acids is 2. The topological polar surface area (TPSA) is 111 Å². The summed E-state index contributed by atoms with van der Waals surface area (Å²) in [4.78, 5) is 38.0. The van der Waals surface area contributed by atoms with Gasteiger partial charge in [0.2, 0.25) is 0 Å². The third kappa shape index (κ3) is 67.0. The van der Waals surface area contributed by atoms with Gasteiger partial charge in [-0.1, -0.05) is 269 Å².